The molecular formula is C23H38F6IrNP2. The maximum atomic E-state index is 9.87. The van der Waals surface area contributed by atoms with Gasteiger partial charge in [-0.25, -0.2) is 0 Å². The molecule has 0 N–H and O–H groups in total. The normalized spacial score (nSPS) is 23.0. The van der Waals surface area contributed by atoms with Crippen LogP contribution in [0.5, 0.6) is 0 Å². The number of nitrogens with zero attached hydrogens (tertiary/aromatic N) is 1. The van der Waals surface area contributed by atoms with Gasteiger partial charge in [-0.2, -0.15) is 0 Å². The van der Waals surface area contributed by atoms with Crippen LogP contribution in [0.3, 0.4) is 0 Å². The van der Waals surface area contributed by atoms with E-state index in [0.29, 0.717) is 7.92 Å². The predicted molar refractivity (Wildman–Crippen MR) is 125 cm³/mol. The van der Waals surface area contributed by atoms with Crippen molar-refractivity contribution in [3.63, 3.8) is 0 Å². The first-order valence-corrected chi connectivity index (χ1v) is 15.7. The summed E-state index contributed by atoms with van der Waals surface area (Å²) in [5.74, 6) is 0. The molecule has 33 heavy (non-hydrogen) atoms. The fraction of sp³-hybridized carbons (Fsp3) is 0.783. The summed E-state index contributed by atoms with van der Waals surface area (Å²) in [5, 5.41) is 0. The second-order valence-corrected chi connectivity index (χ2v) is 14.3. The van der Waals surface area contributed by atoms with Crippen molar-refractivity contribution in [1.82, 2.24) is 4.98 Å². The van der Waals surface area contributed by atoms with Crippen LogP contribution in [-0.2, 0) is 20.1 Å². The smallest absolute Gasteiger partial charge is 0.265 e. The zero-order valence-electron chi connectivity index (χ0n) is 19.2. The molecule has 0 amide bonds. The van der Waals surface area contributed by atoms with Gasteiger partial charge in [0.25, 0.3) is 0 Å². The second-order valence-electron chi connectivity index (χ2n) is 9.31. The molecule has 1 aromatic heterocycles. The number of rotatable bonds is 3. The van der Waals surface area contributed by atoms with Gasteiger partial charge in [0.05, 0.1) is 0 Å². The minimum Gasteiger partial charge on any atom is -0.265 e. The average molecular weight is 697 g/mol. The van der Waals surface area contributed by atoms with Crippen LogP contribution in [0.4, 0.5) is 25.2 Å². The van der Waals surface area contributed by atoms with Gasteiger partial charge in [0.1, 0.15) is 0 Å². The maximum Gasteiger partial charge on any atom is 1.00 e. The molecule has 196 valence electrons. The molecule has 1 nitrogen and oxygen atoms in total. The van der Waals surface area contributed by atoms with Crippen LogP contribution in [0.25, 0.3) is 0 Å². The third kappa shape index (κ3) is 16.5. The summed E-state index contributed by atoms with van der Waals surface area (Å²) < 4.78 is 59.2. The summed E-state index contributed by atoms with van der Waals surface area (Å²) in [5.41, 5.74) is 3.57. The Morgan fingerprint density at radius 2 is 0.788 bits per heavy atom. The quantitative estimate of drug-likeness (QED) is 0.226. The molecule has 0 bridgehead atoms. The third-order valence-corrected chi connectivity index (χ3v) is 10.6. The first-order valence-electron chi connectivity index (χ1n) is 12.1. The molecule has 0 spiro atoms. The third-order valence-electron chi connectivity index (χ3n) is 6.56. The summed E-state index contributed by atoms with van der Waals surface area (Å²) in [4.78, 5) is 3.78. The Bertz CT molecular complexity index is 548. The van der Waals surface area contributed by atoms with Crippen molar-refractivity contribution in [2.24, 2.45) is 0 Å². The summed E-state index contributed by atoms with van der Waals surface area (Å²) >= 11 is 0. The van der Waals surface area contributed by atoms with Gasteiger partial charge >= 0.3 is 53.1 Å². The second kappa shape index (κ2) is 13.5. The SMILES string of the molecule is C1CCC(P(C2CCCCC2)C2CCCCC2)CC1.F[P-](F)(F)(F)(F)F.[Ir+].c1ccncc1. The van der Waals surface area contributed by atoms with Crippen molar-refractivity contribution in [1.29, 1.82) is 0 Å². The molecule has 0 atom stereocenters. The first-order chi connectivity index (χ1) is 14.9. The Balaban J connectivity index is 0.000000322. The largest absolute Gasteiger partial charge is 1.00 e. The van der Waals surface area contributed by atoms with Crippen LogP contribution in [0.1, 0.15) is 96.3 Å². The van der Waals surface area contributed by atoms with E-state index in [1.54, 1.807) is 89.4 Å². The molecule has 10 heteroatoms. The van der Waals surface area contributed by atoms with Crippen LogP contribution >= 0.6 is 15.7 Å². The minimum atomic E-state index is -10.7. The maximum absolute atomic E-state index is 10.7. The molecule has 3 fully saturated rings. The Morgan fingerprint density at radius 3 is 0.970 bits per heavy atom. The molecule has 4 rings (SSSR count). The molecule has 1 aromatic rings. The average Bonchev–Trinajstić information content (AvgIpc) is 2.76. The van der Waals surface area contributed by atoms with Crippen molar-refractivity contribution in [2.45, 2.75) is 113 Å². The molecule has 3 aliphatic rings. The van der Waals surface area contributed by atoms with E-state index in [4.69, 9.17) is 0 Å². The molecule has 0 aliphatic heterocycles. The van der Waals surface area contributed by atoms with Crippen LogP contribution in [-0.4, -0.2) is 22.0 Å². The zero-order valence-corrected chi connectivity index (χ0v) is 23.4. The Labute approximate surface area is 209 Å². The summed E-state index contributed by atoms with van der Waals surface area (Å²) in [7, 11) is -10.3. The van der Waals surface area contributed by atoms with E-state index in [1.807, 2.05) is 18.2 Å². The van der Waals surface area contributed by atoms with Gasteiger partial charge in [-0.1, -0.05) is 71.8 Å². The van der Waals surface area contributed by atoms with E-state index in [-0.39, 0.29) is 20.1 Å². The first kappa shape index (κ1) is 31.3. The summed E-state index contributed by atoms with van der Waals surface area (Å²) in [6.45, 7) is 0. The van der Waals surface area contributed by atoms with Crippen LogP contribution in [0.15, 0.2) is 30.6 Å². The van der Waals surface area contributed by atoms with Crippen molar-refractivity contribution in [3.05, 3.63) is 30.6 Å². The summed E-state index contributed by atoms with van der Waals surface area (Å²) in [6, 6.07) is 5.72. The fourth-order valence-electron chi connectivity index (χ4n) is 5.34. The molecule has 0 unspecified atom stereocenters. The Hall–Kier alpha value is 0.239. The van der Waals surface area contributed by atoms with Crippen LogP contribution < -0.4 is 0 Å². The predicted octanol–water partition coefficient (Wildman–Crippen LogP) is 10.9. The number of aromatic nitrogens is 1. The van der Waals surface area contributed by atoms with E-state index in [1.165, 1.54) is 36.2 Å². The molecular weight excluding hydrogens is 658 g/mol. The van der Waals surface area contributed by atoms with E-state index in [9.17, 15) is 25.2 Å². The number of hydrogen-bond acceptors (Lipinski definition) is 1. The monoisotopic (exact) mass is 697 g/mol. The number of halogens is 6. The van der Waals surface area contributed by atoms with Gasteiger partial charge < -0.3 is 0 Å². The molecule has 0 radical (unpaired) electrons. The van der Waals surface area contributed by atoms with Crippen LogP contribution in [0, 0.1) is 0 Å². The molecule has 3 saturated carbocycles. The van der Waals surface area contributed by atoms with Crippen molar-refractivity contribution in [3.8, 4) is 0 Å². The van der Waals surface area contributed by atoms with Crippen molar-refractivity contribution in [2.75, 3.05) is 0 Å². The van der Waals surface area contributed by atoms with E-state index >= 15 is 0 Å². The standard InChI is InChI=1S/C18H33P.C5H5N.F6P.Ir/c1-4-10-16(11-5-1)19(17-12-6-2-7-13-17)18-14-8-3-9-15-18;1-2-4-6-5-3-1;1-7(2,3,4,5)6;/h16-18H,1-15H2;1-5H;;/q;;-1;+1. The van der Waals surface area contributed by atoms with Gasteiger partial charge in [-0.05, 0) is 67.6 Å². The van der Waals surface area contributed by atoms with E-state index in [0.717, 1.165) is 0 Å². The van der Waals surface area contributed by atoms with Gasteiger partial charge in [-0.15, -0.1) is 0 Å². The van der Waals surface area contributed by atoms with Gasteiger partial charge in [-0.3, -0.25) is 4.98 Å². The Kier molecular flexibility index (Phi) is 12.8. The molecule has 0 saturated heterocycles. The molecule has 3 aliphatic carbocycles. The van der Waals surface area contributed by atoms with E-state index < -0.39 is 7.81 Å². The summed E-state index contributed by atoms with van der Waals surface area (Å²) in [6.07, 6.45) is 27.1. The van der Waals surface area contributed by atoms with Gasteiger partial charge in [0, 0.05) is 12.4 Å². The fourth-order valence-corrected chi connectivity index (χ4v) is 10.0. The number of pyridine rings is 1. The minimum absolute atomic E-state index is 0. The van der Waals surface area contributed by atoms with Gasteiger partial charge in [0.2, 0.25) is 0 Å². The van der Waals surface area contributed by atoms with Crippen molar-refractivity contribution < 1.29 is 45.3 Å². The van der Waals surface area contributed by atoms with E-state index in [2.05, 4.69) is 4.98 Å². The molecule has 1 heterocycles. The Morgan fingerprint density at radius 1 is 0.515 bits per heavy atom. The zero-order chi connectivity index (χ0) is 23.6. The topological polar surface area (TPSA) is 12.9 Å². The number of hydrogen-bond donors (Lipinski definition) is 0. The van der Waals surface area contributed by atoms with Crippen LogP contribution in [0.2, 0.25) is 0 Å². The van der Waals surface area contributed by atoms with Gasteiger partial charge in [0.15, 0.2) is 0 Å². The van der Waals surface area contributed by atoms with Crippen molar-refractivity contribution >= 4 is 15.7 Å². The molecule has 0 aromatic carbocycles.